The van der Waals surface area contributed by atoms with Crippen LogP contribution in [0.2, 0.25) is 5.02 Å². The fourth-order valence-corrected chi connectivity index (χ4v) is 3.71. The molecule has 1 amide bonds. The van der Waals surface area contributed by atoms with Crippen LogP contribution in [0.15, 0.2) is 66.9 Å². The number of hydrogen-bond donors (Lipinski definition) is 1. The highest BCUT2D eigenvalue weighted by Gasteiger charge is 2.19. The molecule has 0 unspecified atom stereocenters. The Labute approximate surface area is 183 Å². The van der Waals surface area contributed by atoms with Crippen LogP contribution in [0.4, 0.5) is 0 Å². The lowest BCUT2D eigenvalue weighted by molar-refractivity contribution is 0.0943. The van der Waals surface area contributed by atoms with Crippen molar-refractivity contribution in [3.8, 4) is 28.6 Å². The van der Waals surface area contributed by atoms with Crippen molar-refractivity contribution >= 4 is 17.5 Å². The fraction of sp³-hybridized carbons (Fsp3) is 0.130. The minimum Gasteiger partial charge on any atom is -0.454 e. The summed E-state index contributed by atoms with van der Waals surface area (Å²) in [7, 11) is 1.94. The predicted octanol–water partition coefficient (Wildman–Crippen LogP) is 4.19. The lowest BCUT2D eigenvalue weighted by Gasteiger charge is -2.09. The molecule has 0 saturated carbocycles. The van der Waals surface area contributed by atoms with E-state index < -0.39 is 0 Å². The molecule has 5 rings (SSSR count). The molecule has 3 heterocycles. The van der Waals surface area contributed by atoms with Gasteiger partial charge in [-0.1, -0.05) is 23.7 Å². The summed E-state index contributed by atoms with van der Waals surface area (Å²) >= 11 is 6.18. The molecule has 1 aliphatic rings. The summed E-state index contributed by atoms with van der Waals surface area (Å²) in [4.78, 5) is 13.1. The Hall–Kier alpha value is -3.71. The van der Waals surface area contributed by atoms with Crippen molar-refractivity contribution in [2.24, 2.45) is 7.05 Å². The normalized spacial score (nSPS) is 12.2. The Kier molecular flexibility index (Phi) is 4.88. The van der Waals surface area contributed by atoms with Gasteiger partial charge in [-0.3, -0.25) is 4.79 Å². The minimum atomic E-state index is -0.245. The molecular formula is C23H19ClN4O3. The molecule has 1 aliphatic heterocycles. The molecule has 0 atom stereocenters. The van der Waals surface area contributed by atoms with E-state index in [-0.39, 0.29) is 12.7 Å². The predicted molar refractivity (Wildman–Crippen MR) is 117 cm³/mol. The molecule has 2 aromatic heterocycles. The van der Waals surface area contributed by atoms with Gasteiger partial charge < -0.3 is 19.4 Å². The number of benzene rings is 2. The number of aromatic nitrogens is 3. The van der Waals surface area contributed by atoms with Gasteiger partial charge in [-0.25, -0.2) is 4.68 Å². The number of halogens is 1. The topological polar surface area (TPSA) is 70.3 Å². The highest BCUT2D eigenvalue weighted by atomic mass is 35.5. The first-order valence-electron chi connectivity index (χ1n) is 9.73. The molecule has 0 fully saturated rings. The van der Waals surface area contributed by atoms with Gasteiger partial charge in [-0.05, 0) is 54.1 Å². The lowest BCUT2D eigenvalue weighted by atomic mass is 10.2. The summed E-state index contributed by atoms with van der Waals surface area (Å²) < 4.78 is 14.3. The van der Waals surface area contributed by atoms with Crippen LogP contribution in [0, 0.1) is 0 Å². The third-order valence-electron chi connectivity index (χ3n) is 5.09. The molecule has 1 N–H and O–H groups in total. The summed E-state index contributed by atoms with van der Waals surface area (Å²) in [6.45, 7) is 0.557. The standard InChI is InChI=1S/C23H19ClN4O3/c1-27-9-3-6-19(27)18-12-20(28(26-18)17-5-2-4-16(24)11-17)23(29)25-13-15-7-8-21-22(10-15)31-14-30-21/h2-12H,13-14H2,1H3,(H,25,29). The van der Waals surface area contributed by atoms with Crippen molar-refractivity contribution in [3.63, 3.8) is 0 Å². The van der Waals surface area contributed by atoms with E-state index in [0.717, 1.165) is 11.3 Å². The number of nitrogens with one attached hydrogen (secondary N) is 1. The number of hydrogen-bond acceptors (Lipinski definition) is 4. The lowest BCUT2D eigenvalue weighted by Crippen LogP contribution is -2.25. The largest absolute Gasteiger partial charge is 0.454 e. The van der Waals surface area contributed by atoms with E-state index in [1.54, 1.807) is 22.9 Å². The van der Waals surface area contributed by atoms with Crippen LogP contribution in [0.3, 0.4) is 0 Å². The molecule has 4 aromatic rings. The number of fused-ring (bicyclic) bond motifs is 1. The van der Waals surface area contributed by atoms with Gasteiger partial charge in [0.1, 0.15) is 11.4 Å². The maximum atomic E-state index is 13.1. The highest BCUT2D eigenvalue weighted by Crippen LogP contribution is 2.32. The van der Waals surface area contributed by atoms with E-state index in [9.17, 15) is 4.79 Å². The van der Waals surface area contributed by atoms with E-state index in [1.165, 1.54) is 0 Å². The number of carbonyl (C=O) groups is 1. The van der Waals surface area contributed by atoms with Crippen LogP contribution >= 0.6 is 11.6 Å². The van der Waals surface area contributed by atoms with Crippen molar-refractivity contribution in [3.05, 3.63) is 83.1 Å². The number of carbonyl (C=O) groups excluding carboxylic acids is 1. The Balaban J connectivity index is 1.46. The van der Waals surface area contributed by atoms with Gasteiger partial charge in [-0.15, -0.1) is 0 Å². The van der Waals surface area contributed by atoms with Crippen LogP contribution in [-0.4, -0.2) is 27.0 Å². The van der Waals surface area contributed by atoms with E-state index in [4.69, 9.17) is 21.1 Å². The van der Waals surface area contributed by atoms with Crippen molar-refractivity contribution in [1.82, 2.24) is 19.7 Å². The Morgan fingerprint density at radius 3 is 2.77 bits per heavy atom. The summed E-state index contributed by atoms with van der Waals surface area (Å²) in [5, 5.41) is 8.23. The monoisotopic (exact) mass is 434 g/mol. The zero-order valence-electron chi connectivity index (χ0n) is 16.7. The third kappa shape index (κ3) is 3.75. The smallest absolute Gasteiger partial charge is 0.270 e. The highest BCUT2D eigenvalue weighted by molar-refractivity contribution is 6.30. The average molecular weight is 435 g/mol. The number of rotatable bonds is 5. The number of amides is 1. The first kappa shape index (κ1) is 19.3. The SMILES string of the molecule is Cn1cccc1-c1cc(C(=O)NCc2ccc3c(c2)OCO3)n(-c2cccc(Cl)c2)n1. The molecule has 0 spiro atoms. The molecule has 0 bridgehead atoms. The Bertz CT molecular complexity index is 1280. The number of aryl methyl sites for hydroxylation is 1. The zero-order chi connectivity index (χ0) is 21.4. The Morgan fingerprint density at radius 1 is 1.10 bits per heavy atom. The molecular weight excluding hydrogens is 416 g/mol. The third-order valence-corrected chi connectivity index (χ3v) is 5.33. The molecule has 2 aromatic carbocycles. The van der Waals surface area contributed by atoms with E-state index >= 15 is 0 Å². The molecule has 8 heteroatoms. The van der Waals surface area contributed by atoms with E-state index in [1.807, 2.05) is 60.3 Å². The summed E-state index contributed by atoms with van der Waals surface area (Å²) in [5.41, 5.74) is 3.64. The average Bonchev–Trinajstić information content (AvgIpc) is 3.50. The molecule has 31 heavy (non-hydrogen) atoms. The van der Waals surface area contributed by atoms with Crippen LogP contribution in [0.1, 0.15) is 16.1 Å². The second-order valence-corrected chi connectivity index (χ2v) is 7.62. The van der Waals surface area contributed by atoms with Gasteiger partial charge in [0.25, 0.3) is 5.91 Å². The zero-order valence-corrected chi connectivity index (χ0v) is 17.5. The molecule has 0 aliphatic carbocycles. The van der Waals surface area contributed by atoms with Crippen molar-refractivity contribution in [2.75, 3.05) is 6.79 Å². The van der Waals surface area contributed by atoms with Crippen molar-refractivity contribution in [2.45, 2.75) is 6.54 Å². The van der Waals surface area contributed by atoms with Gasteiger partial charge in [-0.2, -0.15) is 5.10 Å². The van der Waals surface area contributed by atoms with Crippen molar-refractivity contribution < 1.29 is 14.3 Å². The number of nitrogens with zero attached hydrogens (tertiary/aromatic N) is 3. The first-order valence-corrected chi connectivity index (χ1v) is 10.1. The van der Waals surface area contributed by atoms with Crippen molar-refractivity contribution in [1.29, 1.82) is 0 Å². The summed E-state index contributed by atoms with van der Waals surface area (Å²) in [5.74, 6) is 1.15. The maximum Gasteiger partial charge on any atom is 0.270 e. The second kappa shape index (κ2) is 7.85. The minimum absolute atomic E-state index is 0.214. The van der Waals surface area contributed by atoms with Gasteiger partial charge >= 0.3 is 0 Å². The van der Waals surface area contributed by atoms with E-state index in [2.05, 4.69) is 10.4 Å². The summed E-state index contributed by atoms with van der Waals surface area (Å²) in [6.07, 6.45) is 1.94. The van der Waals surface area contributed by atoms with Crippen LogP contribution in [0.5, 0.6) is 11.5 Å². The molecule has 0 radical (unpaired) electrons. The van der Waals surface area contributed by atoms with E-state index in [0.29, 0.717) is 40.1 Å². The second-order valence-electron chi connectivity index (χ2n) is 7.18. The van der Waals surface area contributed by atoms with Crippen LogP contribution < -0.4 is 14.8 Å². The summed E-state index contributed by atoms with van der Waals surface area (Å²) in [6, 6.07) is 18.5. The quantitative estimate of drug-likeness (QED) is 0.511. The van der Waals surface area contributed by atoms with Gasteiger partial charge in [0.2, 0.25) is 6.79 Å². The first-order chi connectivity index (χ1) is 15.1. The van der Waals surface area contributed by atoms with Gasteiger partial charge in [0.05, 0.1) is 11.4 Å². The molecule has 0 saturated heterocycles. The Morgan fingerprint density at radius 2 is 1.97 bits per heavy atom. The molecule has 156 valence electrons. The van der Waals surface area contributed by atoms with Crippen LogP contribution in [-0.2, 0) is 13.6 Å². The van der Waals surface area contributed by atoms with Gasteiger partial charge in [0.15, 0.2) is 11.5 Å². The number of ether oxygens (including phenoxy) is 2. The van der Waals surface area contributed by atoms with Crippen LogP contribution in [0.25, 0.3) is 17.1 Å². The van der Waals surface area contributed by atoms with Gasteiger partial charge in [0, 0.05) is 24.8 Å². The molecule has 7 nitrogen and oxygen atoms in total. The fourth-order valence-electron chi connectivity index (χ4n) is 3.52. The maximum absolute atomic E-state index is 13.1.